The monoisotopic (exact) mass is 493 g/mol. The van der Waals surface area contributed by atoms with Crippen molar-refractivity contribution in [1.29, 1.82) is 0 Å². The van der Waals surface area contributed by atoms with Gasteiger partial charge < -0.3 is 20.5 Å². The van der Waals surface area contributed by atoms with Gasteiger partial charge in [-0.1, -0.05) is 23.7 Å². The van der Waals surface area contributed by atoms with Crippen LogP contribution in [0.15, 0.2) is 65.6 Å². The molecule has 0 unspecified atom stereocenters. The number of carbonyl (C=O) groups is 1. The number of ether oxygens (including phenoxy) is 1. The van der Waals surface area contributed by atoms with E-state index in [-0.39, 0.29) is 24.1 Å². The number of piperidine rings is 1. The van der Waals surface area contributed by atoms with Crippen LogP contribution in [0.25, 0.3) is 16.7 Å². The fourth-order valence-electron chi connectivity index (χ4n) is 4.56. The number of hydrogen-bond donors (Lipinski definition) is 2. The molecule has 3 heterocycles. The van der Waals surface area contributed by atoms with Gasteiger partial charge in [0.15, 0.2) is 0 Å². The van der Waals surface area contributed by atoms with Gasteiger partial charge in [-0.25, -0.2) is 14.6 Å². The lowest BCUT2D eigenvalue weighted by Gasteiger charge is -2.31. The molecule has 0 spiro atoms. The Balaban J connectivity index is 1.48. The molecule has 5 rings (SSSR count). The molecule has 1 aliphatic heterocycles. The van der Waals surface area contributed by atoms with Gasteiger partial charge in [-0.3, -0.25) is 9.13 Å². The van der Waals surface area contributed by atoms with E-state index in [2.05, 4.69) is 4.98 Å². The zero-order valence-electron chi connectivity index (χ0n) is 18.8. The summed E-state index contributed by atoms with van der Waals surface area (Å²) >= 11 is 5.93. The summed E-state index contributed by atoms with van der Waals surface area (Å²) in [7, 11) is 0. The van der Waals surface area contributed by atoms with Crippen LogP contribution < -0.4 is 16.2 Å². The third-order valence-electron chi connectivity index (χ3n) is 6.26. The Morgan fingerprint density at radius 2 is 1.89 bits per heavy atom. The number of rotatable bonds is 5. The summed E-state index contributed by atoms with van der Waals surface area (Å²) in [6, 6.07) is 16.0. The molecule has 1 saturated heterocycles. The minimum absolute atomic E-state index is 0.229. The molecule has 0 saturated carbocycles. The van der Waals surface area contributed by atoms with Crippen molar-refractivity contribution in [2.45, 2.75) is 25.5 Å². The average Bonchev–Trinajstić information content (AvgIpc) is 3.17. The smallest absolute Gasteiger partial charge is 0.407 e. The summed E-state index contributed by atoms with van der Waals surface area (Å²) in [5, 5.41) is 10.1. The van der Waals surface area contributed by atoms with Gasteiger partial charge in [-0.2, -0.15) is 0 Å². The zero-order chi connectivity index (χ0) is 24.5. The number of imidazole rings is 1. The van der Waals surface area contributed by atoms with Gasteiger partial charge in [0, 0.05) is 24.3 Å². The number of halogens is 1. The number of amides is 1. The molecule has 1 fully saturated rings. The van der Waals surface area contributed by atoms with Crippen molar-refractivity contribution in [3.8, 4) is 11.4 Å². The van der Waals surface area contributed by atoms with E-state index in [0.717, 1.165) is 5.56 Å². The lowest BCUT2D eigenvalue weighted by atomic mass is 10.1. The van der Waals surface area contributed by atoms with Gasteiger partial charge in [-0.15, -0.1) is 0 Å². The van der Waals surface area contributed by atoms with Crippen LogP contribution in [0, 0.1) is 0 Å². The Bertz CT molecular complexity index is 1430. The molecule has 0 aliphatic carbocycles. The molecule has 35 heavy (non-hydrogen) atoms. The number of aromatic nitrogens is 3. The highest BCUT2D eigenvalue weighted by Crippen LogP contribution is 2.29. The molecule has 2 aromatic heterocycles. The molecule has 0 radical (unpaired) electrons. The summed E-state index contributed by atoms with van der Waals surface area (Å²) in [6.45, 7) is 1.09. The summed E-state index contributed by atoms with van der Waals surface area (Å²) in [6.07, 6.45) is 1.95. The van der Waals surface area contributed by atoms with Crippen molar-refractivity contribution in [2.24, 2.45) is 0 Å². The van der Waals surface area contributed by atoms with Crippen LogP contribution in [0.3, 0.4) is 0 Å². The number of anilines is 1. The first-order valence-electron chi connectivity index (χ1n) is 11.3. The number of likely N-dealkylation sites (tertiary alicyclic amines) is 1. The van der Waals surface area contributed by atoms with Crippen LogP contribution in [-0.4, -0.2) is 43.3 Å². The Morgan fingerprint density at radius 3 is 2.60 bits per heavy atom. The number of benzene rings is 2. The molecule has 1 aliphatic rings. The van der Waals surface area contributed by atoms with Crippen LogP contribution >= 0.6 is 11.6 Å². The zero-order valence-corrected chi connectivity index (χ0v) is 19.6. The number of fused-ring (bicyclic) bond motifs is 1. The molecule has 4 aromatic rings. The molecule has 10 heteroatoms. The van der Waals surface area contributed by atoms with Crippen molar-refractivity contribution >= 4 is 34.5 Å². The second-order valence-electron chi connectivity index (χ2n) is 8.49. The minimum atomic E-state index is -0.984. The van der Waals surface area contributed by atoms with Gasteiger partial charge in [0.1, 0.15) is 23.7 Å². The number of hydrogen-bond acceptors (Lipinski definition) is 5. The van der Waals surface area contributed by atoms with Crippen molar-refractivity contribution in [1.82, 2.24) is 19.0 Å². The maximum absolute atomic E-state index is 13.7. The molecule has 3 N–H and O–H groups in total. The van der Waals surface area contributed by atoms with Crippen LogP contribution in [0.4, 0.5) is 10.6 Å². The summed E-state index contributed by atoms with van der Waals surface area (Å²) in [5.41, 5.74) is 8.65. The molecule has 1 atom stereocenters. The van der Waals surface area contributed by atoms with E-state index in [4.69, 9.17) is 22.1 Å². The van der Waals surface area contributed by atoms with Gasteiger partial charge >= 0.3 is 11.8 Å². The summed E-state index contributed by atoms with van der Waals surface area (Å²) in [4.78, 5) is 30.7. The highest BCUT2D eigenvalue weighted by atomic mass is 35.5. The summed E-state index contributed by atoms with van der Waals surface area (Å²) in [5.74, 6) is 0.878. The van der Waals surface area contributed by atoms with Gasteiger partial charge in [0.25, 0.3) is 0 Å². The lowest BCUT2D eigenvalue weighted by molar-refractivity contribution is 0.121. The third kappa shape index (κ3) is 4.42. The van der Waals surface area contributed by atoms with Gasteiger partial charge in [0.2, 0.25) is 0 Å². The molecular formula is C25H24ClN5O4. The van der Waals surface area contributed by atoms with Crippen molar-refractivity contribution < 1.29 is 14.6 Å². The first-order valence-corrected chi connectivity index (χ1v) is 11.6. The van der Waals surface area contributed by atoms with Crippen molar-refractivity contribution in [3.05, 3.63) is 81.9 Å². The van der Waals surface area contributed by atoms with Crippen LogP contribution in [0.2, 0.25) is 5.02 Å². The maximum Gasteiger partial charge on any atom is 0.407 e. The Hall–Kier alpha value is -3.98. The van der Waals surface area contributed by atoms with Crippen molar-refractivity contribution in [2.75, 3.05) is 18.8 Å². The Morgan fingerprint density at radius 1 is 1.14 bits per heavy atom. The molecule has 1 amide bonds. The highest BCUT2D eigenvalue weighted by Gasteiger charge is 2.29. The molecular weight excluding hydrogens is 470 g/mol. The highest BCUT2D eigenvalue weighted by molar-refractivity contribution is 6.30. The van der Waals surface area contributed by atoms with E-state index in [1.807, 2.05) is 24.3 Å². The topological polar surface area (TPSA) is 116 Å². The van der Waals surface area contributed by atoms with Crippen LogP contribution in [-0.2, 0) is 6.61 Å². The molecule has 0 bridgehead atoms. The van der Waals surface area contributed by atoms with Crippen LogP contribution in [0.1, 0.15) is 24.4 Å². The maximum atomic E-state index is 13.7. The van der Waals surface area contributed by atoms with E-state index in [9.17, 15) is 14.7 Å². The number of nitrogens with zero attached hydrogens (tertiary/aromatic N) is 4. The fraction of sp³-hybridized carbons (Fsp3) is 0.240. The fourth-order valence-corrected chi connectivity index (χ4v) is 4.69. The van der Waals surface area contributed by atoms with E-state index in [1.54, 1.807) is 41.1 Å². The normalized spacial score (nSPS) is 15.9. The van der Waals surface area contributed by atoms with E-state index >= 15 is 0 Å². The van der Waals surface area contributed by atoms with E-state index in [1.165, 1.54) is 9.47 Å². The second-order valence-corrected chi connectivity index (χ2v) is 8.92. The first-order chi connectivity index (χ1) is 16.9. The largest absolute Gasteiger partial charge is 0.489 e. The summed E-state index contributed by atoms with van der Waals surface area (Å²) < 4.78 is 9.04. The van der Waals surface area contributed by atoms with Gasteiger partial charge in [0.05, 0.1) is 17.2 Å². The number of pyridine rings is 1. The molecule has 180 valence electrons. The number of carboxylic acid groups (broad SMARTS) is 1. The standard InChI is InChI=1S/C25H24ClN5O4/c26-17-5-3-16(4-6-17)15-35-20-9-7-18(8-10-20)31-22-21(11-12-28-23(22)27)30(24(31)32)19-2-1-13-29(14-19)25(33)34/h3-12,19H,1-2,13-15H2,(H2,27,28)(H,33,34)/t19-/m1/s1. The van der Waals surface area contributed by atoms with Crippen LogP contribution in [0.5, 0.6) is 5.75 Å². The average molecular weight is 494 g/mol. The van der Waals surface area contributed by atoms with Crippen molar-refractivity contribution in [3.63, 3.8) is 0 Å². The Labute approximate surface area is 205 Å². The lowest BCUT2D eigenvalue weighted by Crippen LogP contribution is -2.42. The SMILES string of the molecule is Nc1nccc2c1n(-c1ccc(OCc3ccc(Cl)cc3)cc1)c(=O)n2[C@@H]1CCCN(C(=O)O)C1. The minimum Gasteiger partial charge on any atom is -0.489 e. The van der Waals surface area contributed by atoms with Gasteiger partial charge in [-0.05, 0) is 60.9 Å². The Kier molecular flexibility index (Phi) is 6.08. The number of nitrogens with two attached hydrogens (primary N) is 1. The second kappa shape index (κ2) is 9.34. The number of nitrogen functional groups attached to an aromatic ring is 1. The third-order valence-corrected chi connectivity index (χ3v) is 6.51. The van der Waals surface area contributed by atoms with E-state index in [0.29, 0.717) is 53.5 Å². The molecule has 9 nitrogen and oxygen atoms in total. The predicted molar refractivity (Wildman–Crippen MR) is 133 cm³/mol. The van der Waals surface area contributed by atoms with E-state index < -0.39 is 6.09 Å². The first kappa shape index (κ1) is 22.8. The quantitative estimate of drug-likeness (QED) is 0.428. The molecule has 2 aromatic carbocycles. The predicted octanol–water partition coefficient (Wildman–Crippen LogP) is 4.32.